The molecule has 0 bridgehead atoms. The summed E-state index contributed by atoms with van der Waals surface area (Å²) in [5, 5.41) is 4.99. The van der Waals surface area contributed by atoms with Crippen LogP contribution in [0.4, 0.5) is 5.69 Å². The van der Waals surface area contributed by atoms with E-state index in [4.69, 9.17) is 4.74 Å². The molecule has 3 rings (SSSR count). The lowest BCUT2D eigenvalue weighted by atomic mass is 10.1. The number of hydrogen-bond donors (Lipinski definition) is 1. The number of methoxy groups -OCH3 is 1. The second-order valence-corrected chi connectivity index (χ2v) is 5.55. The molecule has 1 amide bonds. The van der Waals surface area contributed by atoms with E-state index in [1.807, 2.05) is 42.5 Å². The van der Waals surface area contributed by atoms with Crippen LogP contribution in [-0.4, -0.2) is 17.6 Å². The second kappa shape index (κ2) is 6.58. The topological polar surface area (TPSA) is 60.3 Å². The molecular formula is C19H18N2O3. The molecule has 0 saturated carbocycles. The van der Waals surface area contributed by atoms with Crippen LogP contribution in [-0.2, 0) is 11.3 Å². The predicted molar refractivity (Wildman–Crippen MR) is 94.6 cm³/mol. The number of ether oxygens (including phenoxy) is 1. The Morgan fingerprint density at radius 3 is 2.71 bits per heavy atom. The molecule has 0 aliphatic rings. The maximum atomic E-state index is 12.4. The number of hydrogen-bond acceptors (Lipinski definition) is 3. The first-order valence-corrected chi connectivity index (χ1v) is 7.61. The lowest BCUT2D eigenvalue weighted by Gasteiger charge is -2.13. The number of anilines is 1. The first-order chi connectivity index (χ1) is 11.6. The SMILES string of the molecule is COc1cn(CC(=O)Nc2cccc3ccccc23)c(C)cc1=O. The molecule has 0 aliphatic heterocycles. The average molecular weight is 322 g/mol. The molecule has 5 nitrogen and oxygen atoms in total. The standard InChI is InChI=1S/C19H18N2O3/c1-13-10-17(22)18(24-2)11-21(13)12-19(23)20-16-9-5-7-14-6-3-4-8-15(14)16/h3-11H,12H2,1-2H3,(H,20,23). The minimum absolute atomic E-state index is 0.103. The number of nitrogens with one attached hydrogen (secondary N) is 1. The van der Waals surface area contributed by atoms with Crippen LogP contribution < -0.4 is 15.5 Å². The Bertz CT molecular complexity index is 955. The number of rotatable bonds is 4. The molecule has 1 heterocycles. The van der Waals surface area contributed by atoms with E-state index in [2.05, 4.69) is 5.32 Å². The molecule has 0 aliphatic carbocycles. The molecule has 0 unspecified atom stereocenters. The zero-order chi connectivity index (χ0) is 17.1. The third kappa shape index (κ3) is 3.15. The van der Waals surface area contributed by atoms with E-state index < -0.39 is 0 Å². The molecule has 0 spiro atoms. The van der Waals surface area contributed by atoms with E-state index in [-0.39, 0.29) is 23.6 Å². The molecule has 24 heavy (non-hydrogen) atoms. The summed E-state index contributed by atoms with van der Waals surface area (Å²) >= 11 is 0. The third-order valence-corrected chi connectivity index (χ3v) is 3.91. The number of carbonyl (C=O) groups is 1. The highest BCUT2D eigenvalue weighted by Crippen LogP contribution is 2.23. The van der Waals surface area contributed by atoms with Gasteiger partial charge in [-0.05, 0) is 18.4 Å². The molecule has 0 atom stereocenters. The summed E-state index contributed by atoms with van der Waals surface area (Å²) in [5.74, 6) is 0.0544. The lowest BCUT2D eigenvalue weighted by Crippen LogP contribution is -2.22. The van der Waals surface area contributed by atoms with Crippen molar-refractivity contribution in [3.8, 4) is 5.75 Å². The lowest BCUT2D eigenvalue weighted by molar-refractivity contribution is -0.116. The molecule has 1 N–H and O–H groups in total. The van der Waals surface area contributed by atoms with Crippen molar-refractivity contribution in [1.82, 2.24) is 4.57 Å². The summed E-state index contributed by atoms with van der Waals surface area (Å²) in [6.45, 7) is 1.89. The van der Waals surface area contributed by atoms with E-state index >= 15 is 0 Å². The minimum atomic E-state index is -0.194. The number of pyridine rings is 1. The molecule has 0 saturated heterocycles. The number of fused-ring (bicyclic) bond motifs is 1. The first-order valence-electron chi connectivity index (χ1n) is 7.61. The van der Waals surface area contributed by atoms with E-state index in [0.717, 1.165) is 16.5 Å². The van der Waals surface area contributed by atoms with Crippen LogP contribution in [0, 0.1) is 6.92 Å². The van der Waals surface area contributed by atoms with Gasteiger partial charge in [0.2, 0.25) is 11.3 Å². The zero-order valence-corrected chi connectivity index (χ0v) is 13.6. The van der Waals surface area contributed by atoms with Crippen molar-refractivity contribution in [3.63, 3.8) is 0 Å². The van der Waals surface area contributed by atoms with Gasteiger partial charge >= 0.3 is 0 Å². The minimum Gasteiger partial charge on any atom is -0.491 e. The van der Waals surface area contributed by atoms with Crippen LogP contribution in [0.15, 0.2) is 59.5 Å². The van der Waals surface area contributed by atoms with Crippen LogP contribution in [0.3, 0.4) is 0 Å². The van der Waals surface area contributed by atoms with Gasteiger partial charge in [-0.1, -0.05) is 36.4 Å². The van der Waals surface area contributed by atoms with E-state index in [1.54, 1.807) is 17.7 Å². The van der Waals surface area contributed by atoms with Gasteiger partial charge in [-0.15, -0.1) is 0 Å². The molecule has 5 heteroatoms. The molecule has 3 aromatic rings. The smallest absolute Gasteiger partial charge is 0.244 e. The van der Waals surface area contributed by atoms with Gasteiger partial charge in [-0.3, -0.25) is 9.59 Å². The van der Waals surface area contributed by atoms with Crippen LogP contribution in [0.25, 0.3) is 10.8 Å². The number of aryl methyl sites for hydroxylation is 1. The predicted octanol–water partition coefficient (Wildman–Crippen LogP) is 2.96. The van der Waals surface area contributed by atoms with Crippen molar-refractivity contribution < 1.29 is 9.53 Å². The van der Waals surface area contributed by atoms with Crippen molar-refractivity contribution in [2.75, 3.05) is 12.4 Å². The highest BCUT2D eigenvalue weighted by molar-refractivity contribution is 6.02. The van der Waals surface area contributed by atoms with Crippen molar-refractivity contribution in [3.05, 3.63) is 70.6 Å². The van der Waals surface area contributed by atoms with Gasteiger partial charge in [-0.25, -0.2) is 0 Å². The number of nitrogens with zero attached hydrogens (tertiary/aromatic N) is 1. The van der Waals surface area contributed by atoms with Crippen molar-refractivity contribution >= 4 is 22.4 Å². The number of benzene rings is 2. The fourth-order valence-electron chi connectivity index (χ4n) is 2.65. The van der Waals surface area contributed by atoms with Crippen LogP contribution in [0.1, 0.15) is 5.69 Å². The maximum Gasteiger partial charge on any atom is 0.244 e. The molecule has 122 valence electrons. The third-order valence-electron chi connectivity index (χ3n) is 3.91. The normalized spacial score (nSPS) is 10.6. The fourth-order valence-corrected chi connectivity index (χ4v) is 2.65. The quantitative estimate of drug-likeness (QED) is 0.803. The van der Waals surface area contributed by atoms with E-state index in [1.165, 1.54) is 13.2 Å². The van der Waals surface area contributed by atoms with Gasteiger partial charge in [-0.2, -0.15) is 0 Å². The first kappa shape index (κ1) is 15.8. The Labute approximate surface area is 139 Å². The Morgan fingerprint density at radius 2 is 1.92 bits per heavy atom. The second-order valence-electron chi connectivity index (χ2n) is 5.55. The number of aromatic nitrogens is 1. The van der Waals surface area contributed by atoms with Gasteiger partial charge in [0.25, 0.3) is 0 Å². The van der Waals surface area contributed by atoms with Crippen molar-refractivity contribution in [2.24, 2.45) is 0 Å². The molecule has 0 radical (unpaired) electrons. The molecule has 1 aromatic heterocycles. The zero-order valence-electron chi connectivity index (χ0n) is 13.6. The Morgan fingerprint density at radius 1 is 1.17 bits per heavy atom. The molecular weight excluding hydrogens is 304 g/mol. The van der Waals surface area contributed by atoms with Crippen molar-refractivity contribution in [1.29, 1.82) is 0 Å². The summed E-state index contributed by atoms with van der Waals surface area (Å²) in [6, 6.07) is 15.1. The van der Waals surface area contributed by atoms with Gasteiger partial charge in [0, 0.05) is 22.8 Å². The van der Waals surface area contributed by atoms with Gasteiger partial charge in [0.15, 0.2) is 5.75 Å². The highest BCUT2D eigenvalue weighted by atomic mass is 16.5. The summed E-state index contributed by atoms with van der Waals surface area (Å²) in [4.78, 5) is 24.1. The fraction of sp³-hybridized carbons (Fsp3) is 0.158. The summed E-state index contributed by atoms with van der Waals surface area (Å²) in [6.07, 6.45) is 1.56. The Balaban J connectivity index is 1.84. The number of amides is 1. The summed E-state index contributed by atoms with van der Waals surface area (Å²) < 4.78 is 6.73. The number of carbonyl (C=O) groups excluding carboxylic acids is 1. The summed E-state index contributed by atoms with van der Waals surface area (Å²) in [5.41, 5.74) is 1.28. The van der Waals surface area contributed by atoms with E-state index in [9.17, 15) is 9.59 Å². The summed E-state index contributed by atoms with van der Waals surface area (Å²) in [7, 11) is 1.44. The Hall–Kier alpha value is -3.08. The van der Waals surface area contributed by atoms with Crippen LogP contribution >= 0.6 is 0 Å². The maximum absolute atomic E-state index is 12.4. The van der Waals surface area contributed by atoms with Gasteiger partial charge in [0.05, 0.1) is 13.3 Å². The van der Waals surface area contributed by atoms with Crippen molar-refractivity contribution in [2.45, 2.75) is 13.5 Å². The van der Waals surface area contributed by atoms with Crippen LogP contribution in [0.2, 0.25) is 0 Å². The average Bonchev–Trinajstić information content (AvgIpc) is 2.57. The van der Waals surface area contributed by atoms with Gasteiger partial charge in [0.1, 0.15) is 6.54 Å². The monoisotopic (exact) mass is 322 g/mol. The van der Waals surface area contributed by atoms with Crippen LogP contribution in [0.5, 0.6) is 5.75 Å². The largest absolute Gasteiger partial charge is 0.491 e. The molecule has 0 fully saturated rings. The van der Waals surface area contributed by atoms with Gasteiger partial charge < -0.3 is 14.6 Å². The molecule has 2 aromatic carbocycles. The highest BCUT2D eigenvalue weighted by Gasteiger charge is 2.09. The van der Waals surface area contributed by atoms with E-state index in [0.29, 0.717) is 5.69 Å². The Kier molecular flexibility index (Phi) is 4.33.